The quantitative estimate of drug-likeness (QED) is 0.911. The van der Waals surface area contributed by atoms with Gasteiger partial charge >= 0.3 is 0 Å². The van der Waals surface area contributed by atoms with Gasteiger partial charge in [-0.25, -0.2) is 4.98 Å². The van der Waals surface area contributed by atoms with Gasteiger partial charge in [0.1, 0.15) is 0 Å². The predicted molar refractivity (Wildman–Crippen MR) is 90.7 cm³/mol. The summed E-state index contributed by atoms with van der Waals surface area (Å²) in [7, 11) is 4.15. The molecule has 4 heteroatoms. The van der Waals surface area contributed by atoms with E-state index in [1.54, 1.807) is 0 Å². The molecule has 21 heavy (non-hydrogen) atoms. The molecule has 0 saturated carbocycles. The standard InChI is InChI=1S/C17H26N4/c1-12(2)10-18-17-19-14(4)11-21(17)15-8-7-13(3)16(9-15)20(5)6/h7-9,11-12H,10H2,1-6H3,(H,18,19). The van der Waals surface area contributed by atoms with E-state index in [1.165, 1.54) is 11.3 Å². The largest absolute Gasteiger partial charge is 0.377 e. The fourth-order valence-electron chi connectivity index (χ4n) is 2.34. The van der Waals surface area contributed by atoms with E-state index < -0.39 is 0 Å². The van der Waals surface area contributed by atoms with Gasteiger partial charge in [-0.15, -0.1) is 0 Å². The average Bonchev–Trinajstić information content (AvgIpc) is 2.78. The maximum Gasteiger partial charge on any atom is 0.207 e. The van der Waals surface area contributed by atoms with E-state index in [4.69, 9.17) is 0 Å². The molecular formula is C17H26N4. The average molecular weight is 286 g/mol. The molecule has 0 bridgehead atoms. The predicted octanol–water partition coefficient (Wildman–Crippen LogP) is 3.62. The summed E-state index contributed by atoms with van der Waals surface area (Å²) < 4.78 is 2.13. The van der Waals surface area contributed by atoms with Crippen LogP contribution in [-0.4, -0.2) is 30.2 Å². The van der Waals surface area contributed by atoms with E-state index in [0.29, 0.717) is 5.92 Å². The van der Waals surface area contributed by atoms with Crippen LogP contribution in [-0.2, 0) is 0 Å². The second kappa shape index (κ2) is 6.20. The smallest absolute Gasteiger partial charge is 0.207 e. The third kappa shape index (κ3) is 3.57. The second-order valence-electron chi connectivity index (χ2n) is 6.22. The van der Waals surface area contributed by atoms with Gasteiger partial charge in [-0.3, -0.25) is 4.57 Å². The van der Waals surface area contributed by atoms with Crippen molar-refractivity contribution in [1.29, 1.82) is 0 Å². The van der Waals surface area contributed by atoms with Gasteiger partial charge in [-0.05, 0) is 37.5 Å². The molecule has 4 nitrogen and oxygen atoms in total. The SMILES string of the molecule is Cc1cn(-c2ccc(C)c(N(C)C)c2)c(NCC(C)C)n1. The molecule has 0 unspecified atom stereocenters. The maximum absolute atomic E-state index is 4.59. The highest BCUT2D eigenvalue weighted by atomic mass is 15.2. The van der Waals surface area contributed by atoms with Gasteiger partial charge in [0.15, 0.2) is 0 Å². The Kier molecular flexibility index (Phi) is 4.56. The Balaban J connectivity index is 2.39. The summed E-state index contributed by atoms with van der Waals surface area (Å²) in [6.45, 7) is 9.48. The molecule has 0 amide bonds. The number of imidazole rings is 1. The normalized spacial score (nSPS) is 11.0. The summed E-state index contributed by atoms with van der Waals surface area (Å²) in [4.78, 5) is 6.74. The highest BCUT2D eigenvalue weighted by Crippen LogP contribution is 2.24. The Labute approximate surface area is 127 Å². The number of anilines is 2. The molecule has 0 fully saturated rings. The van der Waals surface area contributed by atoms with Crippen LogP contribution in [0.2, 0.25) is 0 Å². The Morgan fingerprint density at radius 2 is 1.95 bits per heavy atom. The minimum Gasteiger partial charge on any atom is -0.377 e. The van der Waals surface area contributed by atoms with Crippen LogP contribution in [0.1, 0.15) is 25.1 Å². The lowest BCUT2D eigenvalue weighted by Gasteiger charge is -2.18. The molecule has 1 aromatic heterocycles. The topological polar surface area (TPSA) is 33.1 Å². The summed E-state index contributed by atoms with van der Waals surface area (Å²) in [6.07, 6.45) is 2.08. The van der Waals surface area contributed by atoms with E-state index in [0.717, 1.165) is 23.9 Å². The summed E-state index contributed by atoms with van der Waals surface area (Å²) in [5.74, 6) is 1.50. The second-order valence-corrected chi connectivity index (χ2v) is 6.22. The summed E-state index contributed by atoms with van der Waals surface area (Å²) in [5.41, 5.74) is 4.66. The molecule has 2 rings (SSSR count). The number of aryl methyl sites for hydroxylation is 2. The fraction of sp³-hybridized carbons (Fsp3) is 0.471. The van der Waals surface area contributed by atoms with E-state index in [-0.39, 0.29) is 0 Å². The zero-order chi connectivity index (χ0) is 15.6. The lowest BCUT2D eigenvalue weighted by molar-refractivity contribution is 0.683. The number of nitrogens with zero attached hydrogens (tertiary/aromatic N) is 3. The molecule has 0 saturated heterocycles. The number of hydrogen-bond acceptors (Lipinski definition) is 3. The van der Waals surface area contributed by atoms with Crippen molar-refractivity contribution in [1.82, 2.24) is 9.55 Å². The molecule has 0 atom stereocenters. The van der Waals surface area contributed by atoms with Crippen molar-refractivity contribution in [2.24, 2.45) is 5.92 Å². The molecule has 0 spiro atoms. The Hall–Kier alpha value is -1.97. The molecule has 1 heterocycles. The van der Waals surface area contributed by atoms with Crippen LogP contribution in [0.25, 0.3) is 5.69 Å². The van der Waals surface area contributed by atoms with Crippen LogP contribution in [0.5, 0.6) is 0 Å². The van der Waals surface area contributed by atoms with Gasteiger partial charge in [0.25, 0.3) is 0 Å². The molecule has 2 aromatic rings. The lowest BCUT2D eigenvalue weighted by atomic mass is 10.1. The van der Waals surface area contributed by atoms with Crippen LogP contribution < -0.4 is 10.2 Å². The van der Waals surface area contributed by atoms with E-state index in [2.05, 4.69) is 79.0 Å². The van der Waals surface area contributed by atoms with Gasteiger partial charge in [0, 0.05) is 32.5 Å². The van der Waals surface area contributed by atoms with Gasteiger partial charge < -0.3 is 10.2 Å². The number of benzene rings is 1. The van der Waals surface area contributed by atoms with Crippen LogP contribution in [0.4, 0.5) is 11.6 Å². The van der Waals surface area contributed by atoms with Crippen molar-refractivity contribution in [3.8, 4) is 5.69 Å². The number of nitrogens with one attached hydrogen (secondary N) is 1. The zero-order valence-electron chi connectivity index (χ0n) is 13.9. The highest BCUT2D eigenvalue weighted by Gasteiger charge is 2.10. The number of aromatic nitrogens is 2. The fourth-order valence-corrected chi connectivity index (χ4v) is 2.34. The Bertz CT molecular complexity index is 611. The van der Waals surface area contributed by atoms with Crippen molar-refractivity contribution in [2.75, 3.05) is 30.9 Å². The molecule has 0 aliphatic heterocycles. The van der Waals surface area contributed by atoms with Gasteiger partial charge in [0.05, 0.1) is 11.4 Å². The number of hydrogen-bond donors (Lipinski definition) is 1. The zero-order valence-corrected chi connectivity index (χ0v) is 13.9. The lowest BCUT2D eigenvalue weighted by Crippen LogP contribution is -2.13. The van der Waals surface area contributed by atoms with Gasteiger partial charge in [-0.1, -0.05) is 19.9 Å². The molecular weight excluding hydrogens is 260 g/mol. The highest BCUT2D eigenvalue weighted by molar-refractivity contribution is 5.59. The summed E-state index contributed by atoms with van der Waals surface area (Å²) in [6, 6.07) is 6.51. The van der Waals surface area contributed by atoms with Crippen molar-refractivity contribution in [3.05, 3.63) is 35.7 Å². The molecule has 1 N–H and O–H groups in total. The van der Waals surface area contributed by atoms with Crippen molar-refractivity contribution < 1.29 is 0 Å². The first-order chi connectivity index (χ1) is 9.88. The third-order valence-electron chi connectivity index (χ3n) is 3.45. The Morgan fingerprint density at radius 1 is 1.24 bits per heavy atom. The summed E-state index contributed by atoms with van der Waals surface area (Å²) in [5, 5.41) is 3.43. The van der Waals surface area contributed by atoms with Crippen molar-refractivity contribution in [2.45, 2.75) is 27.7 Å². The maximum atomic E-state index is 4.59. The van der Waals surface area contributed by atoms with Crippen LogP contribution in [0, 0.1) is 19.8 Å². The van der Waals surface area contributed by atoms with Crippen LogP contribution in [0.15, 0.2) is 24.4 Å². The van der Waals surface area contributed by atoms with Gasteiger partial charge in [0.2, 0.25) is 5.95 Å². The van der Waals surface area contributed by atoms with E-state index >= 15 is 0 Å². The molecule has 114 valence electrons. The Morgan fingerprint density at radius 3 is 2.57 bits per heavy atom. The third-order valence-corrected chi connectivity index (χ3v) is 3.45. The monoisotopic (exact) mass is 286 g/mol. The summed E-state index contributed by atoms with van der Waals surface area (Å²) >= 11 is 0. The minimum atomic E-state index is 0.589. The van der Waals surface area contributed by atoms with E-state index in [9.17, 15) is 0 Å². The molecule has 1 aromatic carbocycles. The molecule has 0 radical (unpaired) electrons. The first-order valence-corrected chi connectivity index (χ1v) is 7.46. The van der Waals surface area contributed by atoms with Gasteiger partial charge in [-0.2, -0.15) is 0 Å². The molecule has 0 aliphatic rings. The van der Waals surface area contributed by atoms with Crippen LogP contribution in [0.3, 0.4) is 0 Å². The van der Waals surface area contributed by atoms with Crippen molar-refractivity contribution in [3.63, 3.8) is 0 Å². The van der Waals surface area contributed by atoms with E-state index in [1.807, 2.05) is 6.92 Å². The first-order valence-electron chi connectivity index (χ1n) is 7.46. The minimum absolute atomic E-state index is 0.589. The first kappa shape index (κ1) is 15.4. The number of rotatable bonds is 5. The van der Waals surface area contributed by atoms with Crippen LogP contribution >= 0.6 is 0 Å². The molecule has 0 aliphatic carbocycles. The van der Waals surface area contributed by atoms with Crippen molar-refractivity contribution >= 4 is 11.6 Å².